The number of aromatic hydroxyl groups is 2. The standard InChI is InChI=1S/C18H21ClO2/c1-10-12(3)17(20)7-5-14(10)16(9-19)15-6-8-18(21)13(4)11(15)2/h5-8,16,20-21H,9H2,1-4H3. The van der Waals surface area contributed by atoms with Crippen LogP contribution in [0.15, 0.2) is 24.3 Å². The molecule has 0 aromatic heterocycles. The van der Waals surface area contributed by atoms with Gasteiger partial charge in [-0.05, 0) is 73.2 Å². The normalized spacial score (nSPS) is 11.1. The van der Waals surface area contributed by atoms with E-state index in [-0.39, 0.29) is 5.92 Å². The first-order valence-corrected chi connectivity index (χ1v) is 7.56. The average Bonchev–Trinajstić information content (AvgIpc) is 2.47. The highest BCUT2D eigenvalue weighted by Gasteiger charge is 2.20. The maximum Gasteiger partial charge on any atom is 0.118 e. The number of hydrogen-bond acceptors (Lipinski definition) is 2. The Morgan fingerprint density at radius 1 is 0.762 bits per heavy atom. The Bertz CT molecular complexity index is 620. The second-order valence-electron chi connectivity index (χ2n) is 5.55. The molecule has 0 saturated heterocycles. The Hall–Kier alpha value is -1.67. The van der Waals surface area contributed by atoms with Gasteiger partial charge in [0.15, 0.2) is 0 Å². The number of alkyl halides is 1. The van der Waals surface area contributed by atoms with Crippen LogP contribution in [0.1, 0.15) is 39.3 Å². The van der Waals surface area contributed by atoms with Gasteiger partial charge in [-0.1, -0.05) is 12.1 Å². The summed E-state index contributed by atoms with van der Waals surface area (Å²) in [5.74, 6) is 1.12. The Morgan fingerprint density at radius 3 is 1.48 bits per heavy atom. The van der Waals surface area contributed by atoms with Gasteiger partial charge in [-0.25, -0.2) is 0 Å². The van der Waals surface area contributed by atoms with E-state index in [0.29, 0.717) is 17.4 Å². The van der Waals surface area contributed by atoms with Gasteiger partial charge in [0.1, 0.15) is 11.5 Å². The predicted molar refractivity (Wildman–Crippen MR) is 87.7 cm³/mol. The van der Waals surface area contributed by atoms with Crippen LogP contribution in [0.25, 0.3) is 0 Å². The van der Waals surface area contributed by atoms with Crippen molar-refractivity contribution in [1.29, 1.82) is 0 Å². The van der Waals surface area contributed by atoms with Crippen molar-refractivity contribution < 1.29 is 10.2 Å². The van der Waals surface area contributed by atoms with Crippen molar-refractivity contribution in [3.05, 3.63) is 57.6 Å². The van der Waals surface area contributed by atoms with Gasteiger partial charge in [0, 0.05) is 11.8 Å². The van der Waals surface area contributed by atoms with Gasteiger partial charge in [-0.2, -0.15) is 0 Å². The first-order chi connectivity index (χ1) is 9.88. The van der Waals surface area contributed by atoms with E-state index < -0.39 is 0 Å². The van der Waals surface area contributed by atoms with E-state index in [2.05, 4.69) is 0 Å². The first-order valence-electron chi connectivity index (χ1n) is 7.02. The van der Waals surface area contributed by atoms with E-state index in [1.54, 1.807) is 12.1 Å². The SMILES string of the molecule is Cc1c(O)ccc(C(CCl)c2ccc(O)c(C)c2C)c1C. The van der Waals surface area contributed by atoms with Crippen LogP contribution >= 0.6 is 11.6 Å². The van der Waals surface area contributed by atoms with Crippen LogP contribution in [-0.4, -0.2) is 16.1 Å². The molecule has 2 aromatic carbocycles. The zero-order valence-electron chi connectivity index (χ0n) is 12.9. The van der Waals surface area contributed by atoms with Gasteiger partial charge >= 0.3 is 0 Å². The van der Waals surface area contributed by atoms with E-state index in [9.17, 15) is 10.2 Å². The minimum absolute atomic E-state index is 0.0465. The fraction of sp³-hybridized carbons (Fsp3) is 0.333. The second kappa shape index (κ2) is 5.98. The van der Waals surface area contributed by atoms with Crippen LogP contribution in [0, 0.1) is 27.7 Å². The van der Waals surface area contributed by atoms with Crippen molar-refractivity contribution in [3.63, 3.8) is 0 Å². The summed E-state index contributed by atoms with van der Waals surface area (Å²) in [4.78, 5) is 0. The number of halogens is 1. The number of benzene rings is 2. The Morgan fingerprint density at radius 2 is 1.14 bits per heavy atom. The maximum atomic E-state index is 9.82. The number of phenols is 2. The van der Waals surface area contributed by atoms with Crippen LogP contribution in [-0.2, 0) is 0 Å². The van der Waals surface area contributed by atoms with E-state index in [1.165, 1.54) is 0 Å². The third-order valence-electron chi connectivity index (χ3n) is 4.51. The van der Waals surface area contributed by atoms with Gasteiger partial charge in [-0.15, -0.1) is 11.6 Å². The Balaban J connectivity index is 2.61. The second-order valence-corrected chi connectivity index (χ2v) is 5.86. The summed E-state index contributed by atoms with van der Waals surface area (Å²) in [7, 11) is 0. The van der Waals surface area contributed by atoms with Crippen LogP contribution in [0.5, 0.6) is 11.5 Å². The van der Waals surface area contributed by atoms with Crippen molar-refractivity contribution in [1.82, 2.24) is 0 Å². The molecular weight excluding hydrogens is 284 g/mol. The lowest BCUT2D eigenvalue weighted by molar-refractivity contribution is 0.470. The summed E-state index contributed by atoms with van der Waals surface area (Å²) < 4.78 is 0. The highest BCUT2D eigenvalue weighted by molar-refractivity contribution is 6.18. The first kappa shape index (κ1) is 15.7. The average molecular weight is 305 g/mol. The molecule has 112 valence electrons. The largest absolute Gasteiger partial charge is 0.508 e. The van der Waals surface area contributed by atoms with Crippen molar-refractivity contribution in [2.24, 2.45) is 0 Å². The summed E-state index contributed by atoms with van der Waals surface area (Å²) in [6.07, 6.45) is 0. The summed E-state index contributed by atoms with van der Waals surface area (Å²) in [6, 6.07) is 7.32. The molecular formula is C18H21ClO2. The molecule has 0 unspecified atom stereocenters. The van der Waals surface area contributed by atoms with Crippen LogP contribution < -0.4 is 0 Å². The third kappa shape index (κ3) is 2.73. The lowest BCUT2D eigenvalue weighted by Crippen LogP contribution is -2.08. The predicted octanol–water partition coefficient (Wildman–Crippen LogP) is 4.70. The smallest absolute Gasteiger partial charge is 0.118 e. The molecule has 0 radical (unpaired) electrons. The lowest BCUT2D eigenvalue weighted by atomic mass is 9.84. The van der Waals surface area contributed by atoms with E-state index in [4.69, 9.17) is 11.6 Å². The van der Waals surface area contributed by atoms with Gasteiger partial charge in [0.2, 0.25) is 0 Å². The Labute approximate surface area is 131 Å². The molecule has 2 rings (SSSR count). The highest BCUT2D eigenvalue weighted by Crippen LogP contribution is 2.36. The van der Waals surface area contributed by atoms with Crippen molar-refractivity contribution in [2.75, 3.05) is 5.88 Å². The fourth-order valence-electron chi connectivity index (χ4n) is 2.74. The highest BCUT2D eigenvalue weighted by atomic mass is 35.5. The summed E-state index contributed by atoms with van der Waals surface area (Å²) in [5, 5.41) is 19.6. The molecule has 0 amide bonds. The van der Waals surface area contributed by atoms with E-state index in [0.717, 1.165) is 33.4 Å². The molecule has 0 aliphatic rings. The summed E-state index contributed by atoms with van der Waals surface area (Å²) >= 11 is 6.24. The molecule has 0 aliphatic carbocycles. The lowest BCUT2D eigenvalue weighted by Gasteiger charge is -2.22. The van der Waals surface area contributed by atoms with E-state index >= 15 is 0 Å². The minimum atomic E-state index is 0.0465. The maximum absolute atomic E-state index is 9.82. The molecule has 0 heterocycles. The van der Waals surface area contributed by atoms with Crippen molar-refractivity contribution in [3.8, 4) is 11.5 Å². The Kier molecular flexibility index (Phi) is 4.48. The quantitative estimate of drug-likeness (QED) is 0.807. The van der Waals surface area contributed by atoms with Gasteiger partial charge in [0.05, 0.1) is 0 Å². The molecule has 0 fully saturated rings. The van der Waals surface area contributed by atoms with Crippen molar-refractivity contribution in [2.45, 2.75) is 33.6 Å². The molecule has 0 spiro atoms. The zero-order chi connectivity index (χ0) is 15.7. The van der Waals surface area contributed by atoms with Gasteiger partial charge in [0.25, 0.3) is 0 Å². The molecule has 3 heteroatoms. The number of hydrogen-bond donors (Lipinski definition) is 2. The number of rotatable bonds is 3. The van der Waals surface area contributed by atoms with Crippen LogP contribution in [0.4, 0.5) is 0 Å². The van der Waals surface area contributed by atoms with Crippen LogP contribution in [0.3, 0.4) is 0 Å². The molecule has 21 heavy (non-hydrogen) atoms. The molecule has 0 atom stereocenters. The molecule has 2 nitrogen and oxygen atoms in total. The molecule has 0 saturated carbocycles. The summed E-state index contributed by atoms with van der Waals surface area (Å²) in [5.41, 5.74) is 6.13. The third-order valence-corrected chi connectivity index (χ3v) is 4.81. The molecule has 2 N–H and O–H groups in total. The summed E-state index contributed by atoms with van der Waals surface area (Å²) in [6.45, 7) is 7.84. The van der Waals surface area contributed by atoms with Gasteiger partial charge < -0.3 is 10.2 Å². The fourth-order valence-corrected chi connectivity index (χ4v) is 3.08. The molecule has 0 bridgehead atoms. The van der Waals surface area contributed by atoms with Crippen LogP contribution in [0.2, 0.25) is 0 Å². The molecule has 2 aromatic rings. The minimum Gasteiger partial charge on any atom is -0.508 e. The van der Waals surface area contributed by atoms with E-state index in [1.807, 2.05) is 39.8 Å². The topological polar surface area (TPSA) is 40.5 Å². The van der Waals surface area contributed by atoms with Gasteiger partial charge in [-0.3, -0.25) is 0 Å². The molecule has 0 aliphatic heterocycles. The van der Waals surface area contributed by atoms with Crippen molar-refractivity contribution >= 4 is 11.6 Å². The zero-order valence-corrected chi connectivity index (χ0v) is 13.6. The monoisotopic (exact) mass is 304 g/mol. The number of phenolic OH excluding ortho intramolecular Hbond substituents is 2.